The molecule has 0 aromatic heterocycles. The third-order valence-electron chi connectivity index (χ3n) is 3.84. The fourth-order valence-electron chi connectivity index (χ4n) is 2.07. The Morgan fingerprint density at radius 3 is 2.39 bits per heavy atom. The Morgan fingerprint density at radius 1 is 1.13 bits per heavy atom. The van der Waals surface area contributed by atoms with Crippen LogP contribution >= 0.6 is 0 Å². The third kappa shape index (κ3) is 5.67. The molecule has 0 radical (unpaired) electrons. The van der Waals surface area contributed by atoms with Crippen LogP contribution in [0.25, 0.3) is 0 Å². The van der Waals surface area contributed by atoms with Gasteiger partial charge in [0.2, 0.25) is 11.8 Å². The molecule has 2 N–H and O–H groups in total. The van der Waals surface area contributed by atoms with Gasteiger partial charge >= 0.3 is 0 Å². The van der Waals surface area contributed by atoms with Crippen molar-refractivity contribution in [2.75, 3.05) is 32.5 Å². The first-order valence-corrected chi connectivity index (χ1v) is 7.96. The van der Waals surface area contributed by atoms with Gasteiger partial charge in [0.1, 0.15) is 5.41 Å². The van der Waals surface area contributed by atoms with E-state index in [1.54, 1.807) is 13.8 Å². The zero-order chi connectivity index (χ0) is 17.6. The molecule has 5 heteroatoms. The van der Waals surface area contributed by atoms with Gasteiger partial charge in [0.25, 0.3) is 0 Å². The van der Waals surface area contributed by atoms with Crippen molar-refractivity contribution in [3.63, 3.8) is 0 Å². The molecule has 0 saturated carbocycles. The largest absolute Gasteiger partial charge is 0.355 e. The standard InChI is InChI=1S/C18H29N3O2/c1-13-8-9-14(2)15(12-13)20-17(23)18(3,4)16(22)19-10-7-11-21(5)6/h8-9,12H,7,10-11H2,1-6H3,(H,19,22)(H,20,23). The Hall–Kier alpha value is -1.88. The minimum atomic E-state index is -1.12. The number of amides is 2. The summed E-state index contributed by atoms with van der Waals surface area (Å²) in [6, 6.07) is 5.87. The quantitative estimate of drug-likeness (QED) is 0.599. The van der Waals surface area contributed by atoms with Crippen molar-refractivity contribution in [3.8, 4) is 0 Å². The normalized spacial score (nSPS) is 11.4. The molecule has 0 spiro atoms. The molecule has 1 aromatic rings. The van der Waals surface area contributed by atoms with E-state index in [1.165, 1.54) is 0 Å². The van der Waals surface area contributed by atoms with E-state index in [1.807, 2.05) is 46.1 Å². The second-order valence-electron chi connectivity index (χ2n) is 6.81. The first-order valence-electron chi connectivity index (χ1n) is 7.96. The van der Waals surface area contributed by atoms with Crippen molar-refractivity contribution in [2.24, 2.45) is 5.41 Å². The maximum absolute atomic E-state index is 12.5. The fourth-order valence-corrected chi connectivity index (χ4v) is 2.07. The van der Waals surface area contributed by atoms with Crippen LogP contribution in [0.4, 0.5) is 5.69 Å². The number of anilines is 1. The molecular weight excluding hydrogens is 290 g/mol. The van der Waals surface area contributed by atoms with Gasteiger partial charge in [-0.3, -0.25) is 9.59 Å². The Kier molecular flexibility index (Phi) is 6.76. The molecule has 0 bridgehead atoms. The van der Waals surface area contributed by atoms with Gasteiger partial charge in [0.05, 0.1) is 0 Å². The molecule has 0 heterocycles. The summed E-state index contributed by atoms with van der Waals surface area (Å²) in [6.45, 7) is 8.66. The number of aryl methyl sites for hydroxylation is 2. The van der Waals surface area contributed by atoms with Crippen molar-refractivity contribution < 1.29 is 9.59 Å². The van der Waals surface area contributed by atoms with Gasteiger partial charge in [-0.05, 0) is 71.9 Å². The van der Waals surface area contributed by atoms with E-state index >= 15 is 0 Å². The van der Waals surface area contributed by atoms with Gasteiger partial charge in [-0.25, -0.2) is 0 Å². The summed E-state index contributed by atoms with van der Waals surface area (Å²) in [5.41, 5.74) is 1.68. The van der Waals surface area contributed by atoms with Gasteiger partial charge in [-0.15, -0.1) is 0 Å². The van der Waals surface area contributed by atoms with Gasteiger partial charge in [0, 0.05) is 12.2 Å². The van der Waals surface area contributed by atoms with Crippen LogP contribution in [0, 0.1) is 19.3 Å². The number of carbonyl (C=O) groups is 2. The van der Waals surface area contributed by atoms with Gasteiger partial charge in [0.15, 0.2) is 0 Å². The SMILES string of the molecule is Cc1ccc(C)c(NC(=O)C(C)(C)C(=O)NCCCN(C)C)c1. The van der Waals surface area contributed by atoms with E-state index in [9.17, 15) is 9.59 Å². The number of rotatable bonds is 7. The molecule has 1 aromatic carbocycles. The average molecular weight is 319 g/mol. The molecule has 0 aliphatic carbocycles. The third-order valence-corrected chi connectivity index (χ3v) is 3.84. The molecule has 0 aliphatic rings. The molecule has 0 fully saturated rings. The summed E-state index contributed by atoms with van der Waals surface area (Å²) in [7, 11) is 3.98. The lowest BCUT2D eigenvalue weighted by molar-refractivity contribution is -0.138. The molecule has 23 heavy (non-hydrogen) atoms. The first-order chi connectivity index (χ1) is 10.6. The number of carbonyl (C=O) groups excluding carboxylic acids is 2. The van der Waals surface area contributed by atoms with Crippen LogP contribution in [0.5, 0.6) is 0 Å². The van der Waals surface area contributed by atoms with Crippen molar-refractivity contribution >= 4 is 17.5 Å². The summed E-state index contributed by atoms with van der Waals surface area (Å²) in [6.07, 6.45) is 0.855. The first kappa shape index (κ1) is 19.2. The molecule has 2 amide bonds. The smallest absolute Gasteiger partial charge is 0.239 e. The Bertz CT molecular complexity index is 565. The van der Waals surface area contributed by atoms with Crippen LogP contribution in [0.1, 0.15) is 31.4 Å². The molecular formula is C18H29N3O2. The molecule has 0 unspecified atom stereocenters. The lowest BCUT2D eigenvalue weighted by Crippen LogP contribution is -2.45. The highest BCUT2D eigenvalue weighted by Gasteiger charge is 2.36. The second-order valence-corrected chi connectivity index (χ2v) is 6.81. The fraction of sp³-hybridized carbons (Fsp3) is 0.556. The van der Waals surface area contributed by atoms with Crippen molar-refractivity contribution in [1.82, 2.24) is 10.2 Å². The Morgan fingerprint density at radius 2 is 1.78 bits per heavy atom. The highest BCUT2D eigenvalue weighted by molar-refractivity contribution is 6.10. The Labute approximate surface area is 139 Å². The number of nitrogens with one attached hydrogen (secondary N) is 2. The van der Waals surface area contributed by atoms with Gasteiger partial charge in [-0.1, -0.05) is 12.1 Å². The van der Waals surface area contributed by atoms with E-state index in [-0.39, 0.29) is 11.8 Å². The van der Waals surface area contributed by atoms with E-state index in [0.29, 0.717) is 6.54 Å². The van der Waals surface area contributed by atoms with Crippen LogP contribution in [-0.4, -0.2) is 43.9 Å². The molecule has 0 atom stereocenters. The van der Waals surface area contributed by atoms with E-state index in [2.05, 4.69) is 15.5 Å². The predicted octanol–water partition coefficient (Wildman–Crippen LogP) is 2.34. The Balaban J connectivity index is 2.65. The zero-order valence-electron chi connectivity index (χ0n) is 15.1. The van der Waals surface area contributed by atoms with E-state index < -0.39 is 5.41 Å². The highest BCUT2D eigenvalue weighted by atomic mass is 16.2. The summed E-state index contributed by atoms with van der Waals surface area (Å²) in [5, 5.41) is 5.72. The maximum Gasteiger partial charge on any atom is 0.239 e. The monoisotopic (exact) mass is 319 g/mol. The molecule has 0 aliphatic heterocycles. The number of hydrogen-bond acceptors (Lipinski definition) is 3. The van der Waals surface area contributed by atoms with Crippen LogP contribution in [-0.2, 0) is 9.59 Å². The number of benzene rings is 1. The maximum atomic E-state index is 12.5. The summed E-state index contributed by atoms with van der Waals surface area (Å²) >= 11 is 0. The lowest BCUT2D eigenvalue weighted by atomic mass is 9.90. The average Bonchev–Trinajstić information content (AvgIpc) is 2.46. The second kappa shape index (κ2) is 8.11. The predicted molar refractivity (Wildman–Crippen MR) is 94.5 cm³/mol. The lowest BCUT2D eigenvalue weighted by Gasteiger charge is -2.23. The van der Waals surface area contributed by atoms with Gasteiger partial charge < -0.3 is 15.5 Å². The molecule has 128 valence electrons. The van der Waals surface area contributed by atoms with E-state index in [4.69, 9.17) is 0 Å². The van der Waals surface area contributed by atoms with E-state index in [0.717, 1.165) is 29.8 Å². The van der Waals surface area contributed by atoms with Crippen LogP contribution < -0.4 is 10.6 Å². The highest BCUT2D eigenvalue weighted by Crippen LogP contribution is 2.22. The number of nitrogens with zero attached hydrogens (tertiary/aromatic N) is 1. The molecule has 5 nitrogen and oxygen atoms in total. The number of hydrogen-bond donors (Lipinski definition) is 2. The van der Waals surface area contributed by atoms with Crippen molar-refractivity contribution in [2.45, 2.75) is 34.1 Å². The topological polar surface area (TPSA) is 61.4 Å². The van der Waals surface area contributed by atoms with Crippen LogP contribution in [0.2, 0.25) is 0 Å². The molecule has 0 saturated heterocycles. The zero-order valence-corrected chi connectivity index (χ0v) is 15.1. The summed E-state index contributed by atoms with van der Waals surface area (Å²) in [4.78, 5) is 26.9. The minimum Gasteiger partial charge on any atom is -0.355 e. The summed E-state index contributed by atoms with van der Waals surface area (Å²) in [5.74, 6) is -0.546. The molecule has 1 rings (SSSR count). The van der Waals surface area contributed by atoms with Gasteiger partial charge in [-0.2, -0.15) is 0 Å². The minimum absolute atomic E-state index is 0.251. The van der Waals surface area contributed by atoms with Crippen LogP contribution in [0.3, 0.4) is 0 Å². The van der Waals surface area contributed by atoms with Crippen molar-refractivity contribution in [1.29, 1.82) is 0 Å². The van der Waals surface area contributed by atoms with Crippen molar-refractivity contribution in [3.05, 3.63) is 29.3 Å². The van der Waals surface area contributed by atoms with Crippen LogP contribution in [0.15, 0.2) is 18.2 Å². The summed E-state index contributed by atoms with van der Waals surface area (Å²) < 4.78 is 0.